The molecule has 114 valence electrons. The zero-order valence-electron chi connectivity index (χ0n) is 13.2. The Labute approximate surface area is 129 Å². The number of nitrogens with one attached hydrogen (secondary N) is 1. The quantitative estimate of drug-likeness (QED) is 0.663. The minimum absolute atomic E-state index is 0.847. The second-order valence-corrected chi connectivity index (χ2v) is 5.62. The summed E-state index contributed by atoms with van der Waals surface area (Å²) in [4.78, 5) is 2.51. The molecule has 0 amide bonds. The average Bonchev–Trinajstić information content (AvgIpc) is 2.46. The van der Waals surface area contributed by atoms with Gasteiger partial charge in [-0.15, -0.1) is 0 Å². The smallest absolute Gasteiger partial charge is 0.0471 e. The van der Waals surface area contributed by atoms with Crippen molar-refractivity contribution in [2.24, 2.45) is 0 Å². The molecule has 2 nitrogen and oxygen atoms in total. The van der Waals surface area contributed by atoms with Crippen LogP contribution in [0.3, 0.4) is 0 Å². The van der Waals surface area contributed by atoms with Crippen molar-refractivity contribution >= 4 is 17.3 Å². The van der Waals surface area contributed by atoms with Crippen LogP contribution in [-0.4, -0.2) is 19.6 Å². The van der Waals surface area contributed by atoms with Crippen LogP contribution in [0.25, 0.3) is 0 Å². The topological polar surface area (TPSA) is 15.3 Å². The van der Waals surface area contributed by atoms with Crippen molar-refractivity contribution in [2.75, 3.05) is 24.5 Å². The number of benzene rings is 1. The maximum absolute atomic E-state index is 6.41. The highest BCUT2D eigenvalue weighted by Gasteiger charge is 2.13. The van der Waals surface area contributed by atoms with Crippen molar-refractivity contribution in [1.29, 1.82) is 0 Å². The number of unbranched alkanes of at least 4 members (excludes halogenated alkanes) is 2. The summed E-state index contributed by atoms with van der Waals surface area (Å²) in [5.41, 5.74) is 2.54. The van der Waals surface area contributed by atoms with E-state index in [2.05, 4.69) is 43.1 Å². The van der Waals surface area contributed by atoms with Gasteiger partial charge in [-0.2, -0.15) is 0 Å². The maximum Gasteiger partial charge on any atom is 0.0471 e. The Bertz CT molecular complexity index is 371. The van der Waals surface area contributed by atoms with Crippen LogP contribution in [0.1, 0.15) is 52.0 Å². The number of rotatable bonds is 10. The molecule has 0 aliphatic carbocycles. The van der Waals surface area contributed by atoms with Crippen molar-refractivity contribution < 1.29 is 0 Å². The van der Waals surface area contributed by atoms with E-state index in [1.165, 1.54) is 36.9 Å². The van der Waals surface area contributed by atoms with Crippen molar-refractivity contribution in [3.8, 4) is 0 Å². The van der Waals surface area contributed by atoms with Crippen molar-refractivity contribution in [1.82, 2.24) is 5.32 Å². The molecule has 1 aromatic carbocycles. The van der Waals surface area contributed by atoms with Crippen LogP contribution < -0.4 is 10.2 Å². The predicted octanol–water partition coefficient (Wildman–Crippen LogP) is 4.86. The first-order valence-electron chi connectivity index (χ1n) is 7.97. The molecule has 0 spiro atoms. The number of halogens is 1. The van der Waals surface area contributed by atoms with E-state index in [1.807, 2.05) is 6.07 Å². The molecule has 0 radical (unpaired) electrons. The molecule has 0 aliphatic heterocycles. The molecule has 0 bridgehead atoms. The Morgan fingerprint density at radius 1 is 1.05 bits per heavy atom. The fourth-order valence-corrected chi connectivity index (χ4v) is 2.56. The summed E-state index contributed by atoms with van der Waals surface area (Å²) in [6.07, 6.45) is 4.92. The molecule has 0 aliphatic rings. The summed E-state index contributed by atoms with van der Waals surface area (Å²) in [5, 5.41) is 4.28. The summed E-state index contributed by atoms with van der Waals surface area (Å²) in [7, 11) is 0. The summed E-state index contributed by atoms with van der Waals surface area (Å²) in [6.45, 7) is 10.7. The van der Waals surface area contributed by atoms with Crippen LogP contribution in [-0.2, 0) is 6.54 Å². The number of hydrogen-bond donors (Lipinski definition) is 1. The zero-order valence-corrected chi connectivity index (χ0v) is 14.0. The Hall–Kier alpha value is -0.730. The van der Waals surface area contributed by atoms with E-state index in [4.69, 9.17) is 11.6 Å². The number of anilines is 1. The minimum atomic E-state index is 0.847. The van der Waals surface area contributed by atoms with E-state index in [1.54, 1.807) is 0 Å². The monoisotopic (exact) mass is 296 g/mol. The Morgan fingerprint density at radius 3 is 2.25 bits per heavy atom. The van der Waals surface area contributed by atoms with Gasteiger partial charge >= 0.3 is 0 Å². The molecule has 0 saturated carbocycles. The second-order valence-electron chi connectivity index (χ2n) is 5.21. The van der Waals surface area contributed by atoms with E-state index < -0.39 is 0 Å². The van der Waals surface area contributed by atoms with E-state index in [-0.39, 0.29) is 0 Å². The van der Waals surface area contributed by atoms with Gasteiger partial charge in [0.05, 0.1) is 0 Å². The number of nitrogens with zero attached hydrogens (tertiary/aromatic N) is 1. The third kappa shape index (κ3) is 5.34. The molecule has 1 aromatic rings. The highest BCUT2D eigenvalue weighted by Crippen LogP contribution is 2.28. The lowest BCUT2D eigenvalue weighted by Crippen LogP contribution is -2.27. The predicted molar refractivity (Wildman–Crippen MR) is 90.9 cm³/mol. The molecule has 0 atom stereocenters. The fourth-order valence-electron chi connectivity index (χ4n) is 2.32. The third-order valence-electron chi connectivity index (χ3n) is 3.55. The minimum Gasteiger partial charge on any atom is -0.371 e. The standard InChI is InChI=1S/C17H29ClN2/c1-4-7-12-20(13-8-5-2)17-11-9-10-16(18)15(17)14-19-6-3/h9-11,19H,4-8,12-14H2,1-3H3. The first-order chi connectivity index (χ1) is 9.74. The zero-order chi connectivity index (χ0) is 14.8. The first kappa shape index (κ1) is 17.3. The first-order valence-corrected chi connectivity index (χ1v) is 8.35. The third-order valence-corrected chi connectivity index (χ3v) is 3.90. The summed E-state index contributed by atoms with van der Waals surface area (Å²) in [5.74, 6) is 0. The maximum atomic E-state index is 6.41. The highest BCUT2D eigenvalue weighted by atomic mass is 35.5. The van der Waals surface area contributed by atoms with Crippen LogP contribution in [0.2, 0.25) is 5.02 Å². The van der Waals surface area contributed by atoms with E-state index in [9.17, 15) is 0 Å². The van der Waals surface area contributed by atoms with Crippen LogP contribution in [0.5, 0.6) is 0 Å². The van der Waals surface area contributed by atoms with Crippen LogP contribution in [0, 0.1) is 0 Å². The molecule has 0 saturated heterocycles. The molecular formula is C17H29ClN2. The van der Waals surface area contributed by atoms with Gasteiger partial charge in [0.25, 0.3) is 0 Å². The molecule has 0 fully saturated rings. The lowest BCUT2D eigenvalue weighted by Gasteiger charge is -2.28. The molecule has 1 rings (SSSR count). The van der Waals surface area contributed by atoms with Gasteiger partial charge < -0.3 is 10.2 Å². The van der Waals surface area contributed by atoms with Gasteiger partial charge in [-0.1, -0.05) is 51.3 Å². The highest BCUT2D eigenvalue weighted by molar-refractivity contribution is 6.31. The van der Waals surface area contributed by atoms with Crippen LogP contribution >= 0.6 is 11.6 Å². The molecule has 20 heavy (non-hydrogen) atoms. The molecule has 3 heteroatoms. The summed E-state index contributed by atoms with van der Waals surface area (Å²) >= 11 is 6.41. The van der Waals surface area contributed by atoms with Gasteiger partial charge in [0.1, 0.15) is 0 Å². The van der Waals surface area contributed by atoms with Crippen LogP contribution in [0.4, 0.5) is 5.69 Å². The second kappa shape index (κ2) is 10.1. The molecular weight excluding hydrogens is 268 g/mol. The van der Waals surface area contributed by atoms with Gasteiger partial charge in [0, 0.05) is 35.9 Å². The molecule has 1 N–H and O–H groups in total. The van der Waals surface area contributed by atoms with Gasteiger partial charge in [-0.3, -0.25) is 0 Å². The van der Waals surface area contributed by atoms with Crippen molar-refractivity contribution in [3.05, 3.63) is 28.8 Å². The molecule has 0 unspecified atom stereocenters. The van der Waals surface area contributed by atoms with Crippen molar-refractivity contribution in [3.63, 3.8) is 0 Å². The fraction of sp³-hybridized carbons (Fsp3) is 0.647. The lowest BCUT2D eigenvalue weighted by molar-refractivity contribution is 0.668. The van der Waals surface area contributed by atoms with Gasteiger partial charge in [0.15, 0.2) is 0 Å². The SMILES string of the molecule is CCCCN(CCCC)c1cccc(Cl)c1CNCC. The van der Waals surface area contributed by atoms with Gasteiger partial charge in [-0.05, 0) is 31.5 Å². The van der Waals surface area contributed by atoms with Gasteiger partial charge in [0.2, 0.25) is 0 Å². The van der Waals surface area contributed by atoms with Crippen LogP contribution in [0.15, 0.2) is 18.2 Å². The molecule has 0 heterocycles. The number of hydrogen-bond acceptors (Lipinski definition) is 2. The van der Waals surface area contributed by atoms with Gasteiger partial charge in [-0.25, -0.2) is 0 Å². The van der Waals surface area contributed by atoms with E-state index in [0.29, 0.717) is 0 Å². The van der Waals surface area contributed by atoms with Crippen molar-refractivity contribution in [2.45, 2.75) is 53.0 Å². The summed E-state index contributed by atoms with van der Waals surface area (Å²) < 4.78 is 0. The molecule has 0 aromatic heterocycles. The summed E-state index contributed by atoms with van der Waals surface area (Å²) in [6, 6.07) is 6.28. The Morgan fingerprint density at radius 2 is 1.70 bits per heavy atom. The van der Waals surface area contributed by atoms with E-state index in [0.717, 1.165) is 31.2 Å². The van der Waals surface area contributed by atoms with E-state index >= 15 is 0 Å². The normalized spacial score (nSPS) is 10.8. The Balaban J connectivity index is 2.94. The largest absolute Gasteiger partial charge is 0.371 e. The Kier molecular flexibility index (Phi) is 8.72. The lowest BCUT2D eigenvalue weighted by atomic mass is 10.1. The average molecular weight is 297 g/mol.